The third-order valence-electron chi connectivity index (χ3n) is 3.32. The molecule has 0 saturated carbocycles. The van der Waals surface area contributed by atoms with Crippen molar-refractivity contribution in [1.29, 1.82) is 0 Å². The lowest BCUT2D eigenvalue weighted by molar-refractivity contribution is -0.143. The van der Waals surface area contributed by atoms with E-state index in [1.807, 2.05) is 44.2 Å². The van der Waals surface area contributed by atoms with Gasteiger partial charge in [-0.05, 0) is 38.5 Å². The van der Waals surface area contributed by atoms with E-state index >= 15 is 0 Å². The zero-order valence-electron chi connectivity index (χ0n) is 18.8. The summed E-state index contributed by atoms with van der Waals surface area (Å²) in [5, 5.41) is 2.77. The molecule has 5 nitrogen and oxygen atoms in total. The predicted molar refractivity (Wildman–Crippen MR) is 126 cm³/mol. The molecular formula is C24H35NO4S. The first kappa shape index (κ1) is 27.5. The Morgan fingerprint density at radius 3 is 2.33 bits per heavy atom. The predicted octanol–water partition coefficient (Wildman–Crippen LogP) is 5.93. The van der Waals surface area contributed by atoms with Crippen molar-refractivity contribution in [3.05, 3.63) is 67.3 Å². The maximum absolute atomic E-state index is 12.2. The maximum Gasteiger partial charge on any atom is 0.407 e. The molecule has 0 aromatic heterocycles. The summed E-state index contributed by atoms with van der Waals surface area (Å²) in [6.07, 6.45) is 4.42. The van der Waals surface area contributed by atoms with Crippen molar-refractivity contribution in [2.24, 2.45) is 0 Å². The van der Waals surface area contributed by atoms with Gasteiger partial charge in [0.05, 0.1) is 12.5 Å². The fraction of sp³-hybridized carbons (Fsp3) is 0.417. The Kier molecular flexibility index (Phi) is 14.1. The van der Waals surface area contributed by atoms with Crippen LogP contribution in [0.15, 0.2) is 72.2 Å². The fourth-order valence-electron chi connectivity index (χ4n) is 2.09. The second kappa shape index (κ2) is 15.4. The highest BCUT2D eigenvalue weighted by molar-refractivity contribution is 7.99. The average Bonchev–Trinajstić information content (AvgIpc) is 2.70. The Hall–Kier alpha value is -2.47. The van der Waals surface area contributed by atoms with Gasteiger partial charge in [0.2, 0.25) is 0 Å². The number of rotatable bonds is 10. The highest BCUT2D eigenvalue weighted by atomic mass is 32.2. The number of hydrogen-bond acceptors (Lipinski definition) is 5. The van der Waals surface area contributed by atoms with E-state index in [0.717, 1.165) is 10.5 Å². The lowest BCUT2D eigenvalue weighted by atomic mass is 10.2. The van der Waals surface area contributed by atoms with Crippen LogP contribution in [0.5, 0.6) is 0 Å². The molecule has 0 fully saturated rings. The van der Waals surface area contributed by atoms with E-state index < -0.39 is 23.7 Å². The number of carbonyl (C=O) groups excluding carboxylic acids is 2. The number of alkyl carbamates (subject to hydrolysis) is 1. The molecule has 0 aliphatic carbocycles. The Morgan fingerprint density at radius 1 is 1.17 bits per heavy atom. The average molecular weight is 434 g/mol. The van der Waals surface area contributed by atoms with Gasteiger partial charge in [0.25, 0.3) is 0 Å². The zero-order chi connectivity index (χ0) is 23.0. The number of thioether (sulfide) groups is 1. The number of amides is 1. The molecular weight excluding hydrogens is 398 g/mol. The zero-order valence-corrected chi connectivity index (χ0v) is 19.6. The van der Waals surface area contributed by atoms with Gasteiger partial charge < -0.3 is 14.8 Å². The van der Waals surface area contributed by atoms with Gasteiger partial charge in [0.1, 0.15) is 12.2 Å². The normalized spacial score (nSPS) is 12.0. The fourth-order valence-corrected chi connectivity index (χ4v) is 3.03. The molecule has 1 N–H and O–H groups in total. The number of benzene rings is 1. The van der Waals surface area contributed by atoms with Crippen LogP contribution in [0.4, 0.5) is 4.79 Å². The topological polar surface area (TPSA) is 64.6 Å². The highest BCUT2D eigenvalue weighted by Crippen LogP contribution is 2.19. The molecule has 1 amide bonds. The minimum absolute atomic E-state index is 0.0393. The Balaban J connectivity index is 0.00000407. The van der Waals surface area contributed by atoms with Gasteiger partial charge in [0, 0.05) is 10.6 Å². The number of hydrogen-bond donors (Lipinski definition) is 1. The molecule has 0 aliphatic heterocycles. The molecule has 30 heavy (non-hydrogen) atoms. The monoisotopic (exact) mass is 433 g/mol. The molecule has 1 rings (SSSR count). The smallest absolute Gasteiger partial charge is 0.407 e. The van der Waals surface area contributed by atoms with E-state index in [-0.39, 0.29) is 13.0 Å². The van der Waals surface area contributed by atoms with Crippen LogP contribution >= 0.6 is 11.8 Å². The minimum atomic E-state index is -0.615. The molecule has 0 radical (unpaired) electrons. The standard InChI is InChI=1S/C22H29NO4S.C2H6/c1-6-11-17(7-2)15-26-20(24)14-18(23-21(25)27-22(3,4)5)16-28-19-12-9-8-10-13-19;1-2/h6-13,18H,1-2,14-16H2,3-5H3,(H,23,25);1-2H3/b17-11+;. The van der Waals surface area contributed by atoms with E-state index in [1.54, 1.807) is 50.8 Å². The van der Waals surface area contributed by atoms with E-state index in [0.29, 0.717) is 5.75 Å². The molecule has 0 aliphatic rings. The molecule has 0 spiro atoms. The van der Waals surface area contributed by atoms with Crippen LogP contribution < -0.4 is 5.32 Å². The van der Waals surface area contributed by atoms with Gasteiger partial charge >= 0.3 is 12.1 Å². The molecule has 0 bridgehead atoms. The number of ether oxygens (including phenoxy) is 2. The van der Waals surface area contributed by atoms with E-state index in [4.69, 9.17) is 9.47 Å². The second-order valence-corrected chi connectivity index (χ2v) is 8.11. The number of allylic oxidation sites excluding steroid dienone is 2. The largest absolute Gasteiger partial charge is 0.461 e. The van der Waals surface area contributed by atoms with Gasteiger partial charge in [-0.2, -0.15) is 0 Å². The van der Waals surface area contributed by atoms with Crippen LogP contribution in [0.1, 0.15) is 41.0 Å². The van der Waals surface area contributed by atoms with E-state index in [2.05, 4.69) is 18.5 Å². The van der Waals surface area contributed by atoms with Crippen LogP contribution in [0.3, 0.4) is 0 Å². The van der Waals surface area contributed by atoms with Crippen LogP contribution in [0.25, 0.3) is 0 Å². The third kappa shape index (κ3) is 13.7. The van der Waals surface area contributed by atoms with Crippen LogP contribution in [-0.4, -0.2) is 36.1 Å². The first-order valence-corrected chi connectivity index (χ1v) is 11.0. The van der Waals surface area contributed by atoms with Gasteiger partial charge in [0.15, 0.2) is 0 Å². The Labute approximate surface area is 185 Å². The molecule has 1 unspecified atom stereocenters. The minimum Gasteiger partial charge on any atom is -0.461 e. The summed E-state index contributed by atoms with van der Waals surface area (Å²) < 4.78 is 10.6. The number of esters is 1. The SMILES string of the molecule is C=C/C=C(\C=C)COC(=O)CC(CSc1ccccc1)NC(=O)OC(C)(C)C.CC. The summed E-state index contributed by atoms with van der Waals surface area (Å²) in [4.78, 5) is 25.4. The molecule has 166 valence electrons. The van der Waals surface area contributed by atoms with Crippen LogP contribution in [0.2, 0.25) is 0 Å². The molecule has 6 heteroatoms. The van der Waals surface area contributed by atoms with Gasteiger partial charge in [-0.15, -0.1) is 11.8 Å². The molecule has 1 aromatic carbocycles. The molecule has 1 atom stereocenters. The first-order chi connectivity index (χ1) is 14.2. The van der Waals surface area contributed by atoms with E-state index in [9.17, 15) is 9.59 Å². The van der Waals surface area contributed by atoms with Gasteiger partial charge in [-0.25, -0.2) is 4.79 Å². The van der Waals surface area contributed by atoms with Crippen LogP contribution in [0, 0.1) is 0 Å². The van der Waals surface area contributed by atoms with Crippen molar-refractivity contribution in [1.82, 2.24) is 5.32 Å². The summed E-state index contributed by atoms with van der Waals surface area (Å²) in [6.45, 7) is 16.8. The summed E-state index contributed by atoms with van der Waals surface area (Å²) in [6, 6.07) is 9.34. The van der Waals surface area contributed by atoms with Crippen molar-refractivity contribution in [3.8, 4) is 0 Å². The van der Waals surface area contributed by atoms with Crippen molar-refractivity contribution in [2.75, 3.05) is 12.4 Å². The van der Waals surface area contributed by atoms with Crippen molar-refractivity contribution in [2.45, 2.75) is 57.6 Å². The maximum atomic E-state index is 12.2. The lowest BCUT2D eigenvalue weighted by Crippen LogP contribution is -2.41. The van der Waals surface area contributed by atoms with Crippen LogP contribution in [-0.2, 0) is 14.3 Å². The molecule has 0 saturated heterocycles. The lowest BCUT2D eigenvalue weighted by Gasteiger charge is -2.23. The summed E-state index contributed by atoms with van der Waals surface area (Å²) >= 11 is 1.55. The van der Waals surface area contributed by atoms with Crippen molar-refractivity contribution >= 4 is 23.8 Å². The number of nitrogens with one attached hydrogen (secondary N) is 1. The second-order valence-electron chi connectivity index (χ2n) is 7.01. The Bertz CT molecular complexity index is 693. The van der Waals surface area contributed by atoms with Crippen molar-refractivity contribution in [3.63, 3.8) is 0 Å². The Morgan fingerprint density at radius 2 is 1.80 bits per heavy atom. The highest BCUT2D eigenvalue weighted by Gasteiger charge is 2.22. The summed E-state index contributed by atoms with van der Waals surface area (Å²) in [5.74, 6) is 0.0985. The number of carbonyl (C=O) groups is 2. The van der Waals surface area contributed by atoms with E-state index in [1.165, 1.54) is 0 Å². The molecule has 0 heterocycles. The summed E-state index contributed by atoms with van der Waals surface area (Å²) in [5.41, 5.74) is 0.134. The van der Waals surface area contributed by atoms with Gasteiger partial charge in [-0.1, -0.05) is 63.4 Å². The quantitative estimate of drug-likeness (QED) is 0.281. The van der Waals surface area contributed by atoms with Crippen molar-refractivity contribution < 1.29 is 19.1 Å². The van der Waals surface area contributed by atoms with Gasteiger partial charge in [-0.3, -0.25) is 4.79 Å². The molecule has 1 aromatic rings. The summed E-state index contributed by atoms with van der Waals surface area (Å²) in [7, 11) is 0. The third-order valence-corrected chi connectivity index (χ3v) is 4.50. The first-order valence-electron chi connectivity index (χ1n) is 10.0.